The number of carbonyl (C=O) groups is 4. The van der Waals surface area contributed by atoms with Crippen molar-refractivity contribution in [2.24, 2.45) is 0 Å². The maximum Gasteiger partial charge on any atom is 0.430 e. The third-order valence-corrected chi connectivity index (χ3v) is 3.58. The Morgan fingerprint density at radius 2 is 1.00 bits per heavy atom. The van der Waals surface area contributed by atoms with E-state index < -0.39 is 24.3 Å². The Labute approximate surface area is 209 Å². The molecule has 0 fully saturated rings. The number of pyridine rings is 2. The van der Waals surface area contributed by atoms with E-state index in [0.717, 1.165) is 11.1 Å². The van der Waals surface area contributed by atoms with Gasteiger partial charge in [-0.1, -0.05) is 0 Å². The molecule has 18 heteroatoms. The molecule has 2 aromatic heterocycles. The molecule has 0 radical (unpaired) electrons. The minimum absolute atomic E-state index is 0.0908. The molecular formula is C20H20F6N4O8. The highest BCUT2D eigenvalue weighted by Crippen LogP contribution is 2.18. The van der Waals surface area contributed by atoms with Gasteiger partial charge in [0, 0.05) is 12.4 Å². The Morgan fingerprint density at radius 3 is 1.24 bits per heavy atom. The molecule has 2 aromatic rings. The summed E-state index contributed by atoms with van der Waals surface area (Å²) in [6.45, 7) is 0.496. The van der Waals surface area contributed by atoms with Gasteiger partial charge in [0.1, 0.15) is 25.2 Å². The van der Waals surface area contributed by atoms with Crippen LogP contribution in [0, 0.1) is 0 Å². The van der Waals surface area contributed by atoms with Gasteiger partial charge < -0.3 is 40.7 Å². The monoisotopic (exact) mass is 558 g/mol. The minimum Gasteiger partial charge on any atom is -0.542 e. The van der Waals surface area contributed by atoms with Crippen molar-refractivity contribution >= 4 is 23.9 Å². The number of carboxylic acids is 2. The van der Waals surface area contributed by atoms with E-state index in [2.05, 4.69) is 21.4 Å². The molecule has 0 spiro atoms. The summed E-state index contributed by atoms with van der Waals surface area (Å²) in [6.07, 6.45) is -7.14. The number of halogens is 6. The summed E-state index contributed by atoms with van der Waals surface area (Å²) >= 11 is 0. The molecule has 0 saturated carbocycles. The molecule has 0 aliphatic rings. The van der Waals surface area contributed by atoms with Crippen molar-refractivity contribution in [3.63, 3.8) is 0 Å². The number of alkyl halides is 6. The molecule has 0 aliphatic heterocycles. The highest BCUT2D eigenvalue weighted by molar-refractivity contribution is 5.71. The summed E-state index contributed by atoms with van der Waals surface area (Å²) in [5.41, 5.74) is 9.83. The summed E-state index contributed by atoms with van der Waals surface area (Å²) in [7, 11) is 0. The number of aromatic nitrogens is 2. The lowest BCUT2D eigenvalue weighted by Crippen LogP contribution is -2.54. The van der Waals surface area contributed by atoms with Crippen LogP contribution in [-0.2, 0) is 41.9 Å². The molecule has 0 amide bonds. The Bertz CT molecular complexity index is 1010. The SMILES string of the molecule is O=C([O-])C(F)(F)F.O=C([O-])C(F)(F)F.[NH3+]CC(=O)OCc1ccnc(-c2cc(COC(=O)C[NH3+])ccn2)c1. The zero-order valence-electron chi connectivity index (χ0n) is 19.1. The van der Waals surface area contributed by atoms with Gasteiger partial charge in [0.2, 0.25) is 0 Å². The second kappa shape index (κ2) is 15.7. The van der Waals surface area contributed by atoms with Crippen LogP contribution < -0.4 is 21.7 Å². The summed E-state index contributed by atoms with van der Waals surface area (Å²) in [5, 5.41) is 17.6. The molecule has 0 aromatic carbocycles. The Balaban J connectivity index is 0.000000804. The largest absolute Gasteiger partial charge is 0.542 e. The maximum atomic E-state index is 11.2. The second-order valence-electron chi connectivity index (χ2n) is 6.49. The van der Waals surface area contributed by atoms with Crippen LogP contribution in [0.3, 0.4) is 0 Å². The zero-order chi connectivity index (χ0) is 29.5. The summed E-state index contributed by atoms with van der Waals surface area (Å²) in [5.74, 6) is -6.73. The molecule has 210 valence electrons. The summed E-state index contributed by atoms with van der Waals surface area (Å²) in [6, 6.07) is 7.12. The number of carbonyl (C=O) groups excluding carboxylic acids is 4. The van der Waals surface area contributed by atoms with E-state index in [4.69, 9.17) is 29.3 Å². The van der Waals surface area contributed by atoms with Crippen LogP contribution >= 0.6 is 0 Å². The molecule has 2 rings (SSSR count). The Morgan fingerprint density at radius 1 is 0.711 bits per heavy atom. The van der Waals surface area contributed by atoms with Crippen LogP contribution in [-0.4, -0.2) is 59.3 Å². The highest BCUT2D eigenvalue weighted by atomic mass is 19.4. The van der Waals surface area contributed by atoms with Crippen molar-refractivity contribution in [2.45, 2.75) is 25.6 Å². The van der Waals surface area contributed by atoms with Gasteiger partial charge in [-0.25, -0.2) is 9.59 Å². The first kappa shape index (κ1) is 33.7. The van der Waals surface area contributed by atoms with Crippen LogP contribution in [0.1, 0.15) is 11.1 Å². The molecule has 0 atom stereocenters. The third-order valence-electron chi connectivity index (χ3n) is 3.58. The van der Waals surface area contributed by atoms with Gasteiger partial charge >= 0.3 is 24.3 Å². The van der Waals surface area contributed by atoms with Gasteiger partial charge in [0.05, 0.1) is 11.4 Å². The minimum atomic E-state index is -5.19. The number of aliphatic carboxylic acids is 2. The third kappa shape index (κ3) is 14.3. The lowest BCUT2D eigenvalue weighted by atomic mass is 10.1. The molecule has 12 nitrogen and oxygen atoms in total. The Hall–Kier alpha value is -4.32. The number of nitrogens with zero attached hydrogens (tertiary/aromatic N) is 2. The van der Waals surface area contributed by atoms with Crippen molar-refractivity contribution in [1.29, 1.82) is 0 Å². The number of rotatable bonds is 7. The number of ether oxygens (including phenoxy) is 2. The van der Waals surface area contributed by atoms with E-state index in [9.17, 15) is 35.9 Å². The van der Waals surface area contributed by atoms with Crippen LogP contribution in [0.25, 0.3) is 11.4 Å². The highest BCUT2D eigenvalue weighted by Gasteiger charge is 2.29. The number of quaternary nitrogens is 2. The maximum absolute atomic E-state index is 11.2. The van der Waals surface area contributed by atoms with Gasteiger partial charge in [-0.05, 0) is 35.4 Å². The van der Waals surface area contributed by atoms with Crippen LogP contribution in [0.4, 0.5) is 26.3 Å². The van der Waals surface area contributed by atoms with E-state index in [1.165, 1.54) is 0 Å². The average molecular weight is 558 g/mol. The first-order valence-corrected chi connectivity index (χ1v) is 9.87. The number of hydrogen-bond acceptors (Lipinski definition) is 10. The smallest absolute Gasteiger partial charge is 0.430 e. The summed E-state index contributed by atoms with van der Waals surface area (Å²) < 4.78 is 73.2. The molecule has 0 bridgehead atoms. The molecule has 2 heterocycles. The summed E-state index contributed by atoms with van der Waals surface area (Å²) in [4.78, 5) is 48.5. The van der Waals surface area contributed by atoms with Gasteiger partial charge in [-0.3, -0.25) is 9.97 Å². The standard InChI is InChI=1S/C16H18N4O4.2C2HF3O2/c17-7-15(21)23-9-11-1-3-19-13(5-11)14-6-12(2-4-20-14)10-24-16(22)8-18;2*3-2(4,5)1(6)7/h1-6H,7-10,17-18H2;2*(H,6,7). The number of hydrogen-bond donors (Lipinski definition) is 2. The average Bonchev–Trinajstić information content (AvgIpc) is 2.85. The Kier molecular flexibility index (Phi) is 13.9. The number of esters is 2. The topological polar surface area (TPSA) is 214 Å². The first-order chi connectivity index (χ1) is 17.5. The van der Waals surface area contributed by atoms with Crippen molar-refractivity contribution in [3.8, 4) is 11.4 Å². The first-order valence-electron chi connectivity index (χ1n) is 9.87. The molecule has 6 N–H and O–H groups in total. The van der Waals surface area contributed by atoms with Crippen molar-refractivity contribution in [2.75, 3.05) is 13.1 Å². The lowest BCUT2D eigenvalue weighted by Gasteiger charge is -2.07. The van der Waals surface area contributed by atoms with E-state index >= 15 is 0 Å². The second-order valence-corrected chi connectivity index (χ2v) is 6.49. The van der Waals surface area contributed by atoms with Crippen LogP contribution in [0.5, 0.6) is 0 Å². The predicted molar refractivity (Wildman–Crippen MR) is 105 cm³/mol. The van der Waals surface area contributed by atoms with Gasteiger partial charge in [0.25, 0.3) is 0 Å². The quantitative estimate of drug-likeness (QED) is 0.265. The fourth-order valence-electron chi connectivity index (χ4n) is 1.88. The molecule has 0 unspecified atom stereocenters. The van der Waals surface area contributed by atoms with Crippen molar-refractivity contribution < 1.29 is 76.7 Å². The van der Waals surface area contributed by atoms with Crippen molar-refractivity contribution in [3.05, 3.63) is 47.8 Å². The van der Waals surface area contributed by atoms with E-state index in [-0.39, 0.29) is 38.2 Å². The van der Waals surface area contributed by atoms with Gasteiger partial charge in [-0.2, -0.15) is 26.3 Å². The van der Waals surface area contributed by atoms with E-state index in [0.29, 0.717) is 11.4 Å². The van der Waals surface area contributed by atoms with Gasteiger partial charge in [0.15, 0.2) is 13.1 Å². The fraction of sp³-hybridized carbons (Fsp3) is 0.300. The molecule has 38 heavy (non-hydrogen) atoms. The van der Waals surface area contributed by atoms with Crippen LogP contribution in [0.2, 0.25) is 0 Å². The van der Waals surface area contributed by atoms with Crippen molar-refractivity contribution in [1.82, 2.24) is 9.97 Å². The lowest BCUT2D eigenvalue weighted by molar-refractivity contribution is -0.360. The zero-order valence-corrected chi connectivity index (χ0v) is 19.1. The number of carboxylic acid groups (broad SMARTS) is 2. The molecular weight excluding hydrogens is 538 g/mol. The van der Waals surface area contributed by atoms with E-state index in [1.807, 2.05) is 0 Å². The van der Waals surface area contributed by atoms with Gasteiger partial charge in [-0.15, -0.1) is 0 Å². The molecule has 0 saturated heterocycles. The molecule has 0 aliphatic carbocycles. The fourth-order valence-corrected chi connectivity index (χ4v) is 1.88. The predicted octanol–water partition coefficient (Wildman–Crippen LogP) is -2.69. The normalized spacial score (nSPS) is 10.6. The van der Waals surface area contributed by atoms with Crippen LogP contribution in [0.15, 0.2) is 36.7 Å². The van der Waals surface area contributed by atoms with E-state index in [1.54, 1.807) is 36.7 Å².